The Morgan fingerprint density at radius 1 is 0.673 bits per heavy atom. The molecule has 0 aromatic rings. The summed E-state index contributed by atoms with van der Waals surface area (Å²) in [5.74, 6) is -10.7. The van der Waals surface area contributed by atoms with Crippen LogP contribution in [0, 0.1) is 46.8 Å². The number of ether oxygens (including phenoxy) is 2. The summed E-state index contributed by atoms with van der Waals surface area (Å²) in [5, 5.41) is 11.5. The zero-order valence-electron chi connectivity index (χ0n) is 66.7. The van der Waals surface area contributed by atoms with Crippen molar-refractivity contribution in [2.75, 3.05) is 89.2 Å². The second-order valence-electron chi connectivity index (χ2n) is 33.4. The number of carbonyl (C=O) groups is 12. The molecule has 3 heterocycles. The van der Waals surface area contributed by atoms with E-state index in [0.29, 0.717) is 31.6 Å². The van der Waals surface area contributed by atoms with Gasteiger partial charge in [0, 0.05) is 82.6 Å². The summed E-state index contributed by atoms with van der Waals surface area (Å²) < 4.78 is 54.6. The molecule has 2 saturated heterocycles. The zero-order chi connectivity index (χ0) is 79.3. The third kappa shape index (κ3) is 21.6. The van der Waals surface area contributed by atoms with Crippen molar-refractivity contribution in [3.63, 3.8) is 0 Å². The Balaban J connectivity index is 1.33. The van der Waals surface area contributed by atoms with Crippen LogP contribution in [0.4, 0.5) is 13.2 Å². The van der Waals surface area contributed by atoms with Gasteiger partial charge in [0.25, 0.3) is 0 Å². The highest BCUT2D eigenvalue weighted by Crippen LogP contribution is 2.50. The smallest absolute Gasteiger partial charge is 0.381 e. The molecule has 0 radical (unpaired) electrons. The number of rotatable bonds is 15. The molecule has 26 nitrogen and oxygen atoms in total. The van der Waals surface area contributed by atoms with Crippen LogP contribution in [0.1, 0.15) is 203 Å². The number of amides is 12. The van der Waals surface area contributed by atoms with E-state index < -0.39 is 186 Å². The second kappa shape index (κ2) is 38.1. The van der Waals surface area contributed by atoms with Crippen LogP contribution in [0.2, 0.25) is 0 Å². The maximum absolute atomic E-state index is 15.8. The Bertz CT molecular complexity index is 3170. The molecule has 4 N–H and O–H groups in total. The van der Waals surface area contributed by atoms with E-state index in [0.717, 1.165) is 49.8 Å². The molecule has 604 valence electrons. The van der Waals surface area contributed by atoms with Gasteiger partial charge in [0.1, 0.15) is 53.9 Å². The van der Waals surface area contributed by atoms with Crippen LogP contribution >= 0.6 is 0 Å². The molecule has 12 amide bonds. The third-order valence-corrected chi connectivity index (χ3v) is 24.7. The number of fused-ring (bicyclic) bond motifs is 3. The number of carbonyl (C=O) groups excluding carboxylic acids is 12. The highest BCUT2D eigenvalue weighted by molar-refractivity contribution is 6.01. The Labute approximate surface area is 632 Å². The van der Waals surface area contributed by atoms with Gasteiger partial charge in [-0.05, 0) is 131 Å². The van der Waals surface area contributed by atoms with Gasteiger partial charge in [0.2, 0.25) is 70.9 Å². The fraction of sp³-hybridized carbons (Fsp3) is 0.821. The molecule has 1 spiro atoms. The number of halogens is 3. The predicted molar refractivity (Wildman–Crippen MR) is 395 cm³/mol. The summed E-state index contributed by atoms with van der Waals surface area (Å²) in [7, 11) is 11.2. The molecule has 0 aromatic heterocycles. The maximum atomic E-state index is 15.8. The molecule has 4 saturated carbocycles. The summed E-state index contributed by atoms with van der Waals surface area (Å²) in [4.78, 5) is 192. The molecule has 3 aliphatic heterocycles. The minimum absolute atomic E-state index is 0.00490. The summed E-state index contributed by atoms with van der Waals surface area (Å²) in [6, 6.07) is -10.1. The lowest BCUT2D eigenvalue weighted by Crippen LogP contribution is -2.71. The largest absolute Gasteiger partial charge is 0.394 e. The Morgan fingerprint density at radius 3 is 1.90 bits per heavy atom. The monoisotopic (exact) mass is 1510 g/mol. The lowest BCUT2D eigenvalue weighted by atomic mass is 9.58. The SMILES string of the molecule is CCO[C@@H]1C[C@H]2C(=O)NC3(CC(C)(C)C3)C(=O)N(C)[C@@H](C3CCCC3)C(=O)N(C)[C@H](C(=O)NC)CC(=O)N(C)[C@@H](CC(C)C)C(=O)N[C@@H]([C@@H](C)CC)C(=O)N(C)CC(=O)N(C)[C@H]3C/C=C\CCN(C3=O)[C@@H](CC3CCC(CC)CC3)C(=O)N(C)CC(=O)N[C@@H](CCC3CCC(C(F)(F)F)C(OC)C3)C(=O)N2C1. The van der Waals surface area contributed by atoms with Crippen molar-refractivity contribution in [2.24, 2.45) is 46.8 Å². The standard InChI is InChI=1S/C78H127F3N12O14/c1-17-48(6)65-73(103)87(11)44-64(96)88(12)56-27-21-20-24-36-92(72(56)102)60(38-50-30-28-49(18-2)29-31-50)71(101)86(10)43-62(94)83-55(35-33-51-32-34-54(78(79,80)81)61(39-51)106-16)70(100)93-42-53(107-19-3)40-59(93)69(99)85-77(45-76(7,8)46-77)75(105)91(15)66(52-25-22-23-26-52)74(104)90(14)58(67(97)82-9)41-63(95)89(13)57(37-47(4)5)68(98)84-65/h20-21,47-61,65-66H,17-19,22-46H2,1-16H3,(H,82,97)(H,83,94)(H,84,98)(H,85,99)/b21-20-/t48-,49?,50?,51?,53+,54?,55-,56-,57-,58-,59-,60-,61?,65-,66-/m0/s1. The fourth-order valence-corrected chi connectivity index (χ4v) is 18.2. The first-order valence-corrected chi connectivity index (χ1v) is 39.5. The molecule has 29 heteroatoms. The molecular weight excluding hydrogens is 1390 g/mol. The van der Waals surface area contributed by atoms with Crippen molar-refractivity contribution in [3.05, 3.63) is 12.2 Å². The summed E-state index contributed by atoms with van der Waals surface area (Å²) in [6.07, 6.45) is 4.77. The lowest BCUT2D eigenvalue weighted by molar-refractivity contribution is -0.215. The molecule has 7 rings (SSSR count). The predicted octanol–water partition coefficient (Wildman–Crippen LogP) is 6.22. The van der Waals surface area contributed by atoms with Crippen LogP contribution in [-0.2, 0) is 67.0 Å². The minimum Gasteiger partial charge on any atom is -0.381 e. The van der Waals surface area contributed by atoms with Crippen molar-refractivity contribution in [2.45, 2.75) is 275 Å². The molecule has 4 aliphatic carbocycles. The van der Waals surface area contributed by atoms with E-state index >= 15 is 28.8 Å². The fourth-order valence-electron chi connectivity index (χ4n) is 18.2. The first kappa shape index (κ1) is 87.3. The molecule has 6 fully saturated rings. The Hall–Kier alpha value is -6.91. The number of methoxy groups -OCH3 is 1. The lowest BCUT2D eigenvalue weighted by Gasteiger charge is -2.54. The van der Waals surface area contributed by atoms with Crippen molar-refractivity contribution < 1.29 is 80.2 Å². The first-order chi connectivity index (χ1) is 50.4. The van der Waals surface area contributed by atoms with E-state index in [1.54, 1.807) is 19.9 Å². The van der Waals surface area contributed by atoms with Crippen LogP contribution in [-0.4, -0.2) is 272 Å². The number of hydrogen-bond acceptors (Lipinski definition) is 14. The van der Waals surface area contributed by atoms with Gasteiger partial charge in [-0.25, -0.2) is 0 Å². The van der Waals surface area contributed by atoms with E-state index in [9.17, 15) is 41.9 Å². The summed E-state index contributed by atoms with van der Waals surface area (Å²) in [6.45, 7) is 14.0. The molecular formula is C78H127F3N12O14. The number of nitrogens with one attached hydrogen (secondary N) is 4. The summed E-state index contributed by atoms with van der Waals surface area (Å²) in [5.41, 5.74) is -2.17. The molecule has 2 bridgehead atoms. The first-order valence-electron chi connectivity index (χ1n) is 39.5. The van der Waals surface area contributed by atoms with Crippen molar-refractivity contribution >= 4 is 70.9 Å². The van der Waals surface area contributed by atoms with Crippen LogP contribution in [0.5, 0.6) is 0 Å². The molecule has 13 atom stereocenters. The quantitative estimate of drug-likeness (QED) is 0.132. The van der Waals surface area contributed by atoms with Gasteiger partial charge in [-0.2, -0.15) is 13.2 Å². The Morgan fingerprint density at radius 2 is 1.31 bits per heavy atom. The van der Waals surface area contributed by atoms with E-state index in [2.05, 4.69) is 28.2 Å². The van der Waals surface area contributed by atoms with Gasteiger partial charge in [-0.15, -0.1) is 0 Å². The van der Waals surface area contributed by atoms with Gasteiger partial charge in [-0.3, -0.25) is 57.5 Å². The van der Waals surface area contributed by atoms with E-state index in [-0.39, 0.29) is 108 Å². The van der Waals surface area contributed by atoms with E-state index in [1.165, 1.54) is 90.7 Å². The van der Waals surface area contributed by atoms with E-state index in [1.807, 2.05) is 40.7 Å². The van der Waals surface area contributed by atoms with Crippen molar-refractivity contribution in [1.82, 2.24) is 60.5 Å². The minimum atomic E-state index is -4.52. The van der Waals surface area contributed by atoms with Gasteiger partial charge < -0.3 is 69.9 Å². The normalized spacial score (nSPS) is 31.8. The van der Waals surface area contributed by atoms with Crippen LogP contribution < -0.4 is 21.3 Å². The van der Waals surface area contributed by atoms with E-state index in [4.69, 9.17) is 9.47 Å². The molecule has 0 aromatic carbocycles. The summed E-state index contributed by atoms with van der Waals surface area (Å²) >= 11 is 0. The molecule has 3 unspecified atom stereocenters. The highest BCUT2D eigenvalue weighted by Gasteiger charge is 2.59. The number of nitrogens with zero attached hydrogens (tertiary/aromatic N) is 8. The van der Waals surface area contributed by atoms with Crippen LogP contribution in [0.25, 0.3) is 0 Å². The van der Waals surface area contributed by atoms with Gasteiger partial charge in [0.05, 0.1) is 37.6 Å². The average Bonchev–Trinajstić information content (AvgIpc) is 1.61. The zero-order valence-corrected chi connectivity index (χ0v) is 66.7. The topological polar surface area (TPSA) is 297 Å². The van der Waals surface area contributed by atoms with Crippen molar-refractivity contribution in [1.29, 1.82) is 0 Å². The Kier molecular flexibility index (Phi) is 31.1. The van der Waals surface area contributed by atoms with Crippen LogP contribution in [0.15, 0.2) is 12.2 Å². The molecule has 7 aliphatic rings. The van der Waals surface area contributed by atoms with Gasteiger partial charge >= 0.3 is 6.18 Å². The number of alkyl halides is 3. The van der Waals surface area contributed by atoms with Crippen molar-refractivity contribution in [3.8, 4) is 0 Å². The molecule has 107 heavy (non-hydrogen) atoms. The highest BCUT2D eigenvalue weighted by atomic mass is 19.4. The third-order valence-electron chi connectivity index (χ3n) is 24.7. The van der Waals surface area contributed by atoms with Crippen LogP contribution in [0.3, 0.4) is 0 Å². The van der Waals surface area contributed by atoms with Gasteiger partial charge in [0.15, 0.2) is 0 Å². The average molecular weight is 1510 g/mol. The van der Waals surface area contributed by atoms with Gasteiger partial charge in [-0.1, -0.05) is 112 Å². The number of likely N-dealkylation sites (N-methyl/N-ethyl adjacent to an activating group) is 7. The second-order valence-corrected chi connectivity index (χ2v) is 33.4. The maximum Gasteiger partial charge on any atom is 0.394 e. The number of hydrogen-bond donors (Lipinski definition) is 4.